The molecule has 1 amide bonds. The molecule has 5 nitrogen and oxygen atoms in total. The highest BCUT2D eigenvalue weighted by Crippen LogP contribution is 2.07. The minimum Gasteiger partial charge on any atom is -0.444 e. The van der Waals surface area contributed by atoms with Crippen LogP contribution < -0.4 is 10.6 Å². The Kier molecular flexibility index (Phi) is 5.15. The third kappa shape index (κ3) is 4.99. The van der Waals surface area contributed by atoms with E-state index in [-0.39, 0.29) is 11.9 Å². The largest absolute Gasteiger partial charge is 0.444 e. The lowest BCUT2D eigenvalue weighted by atomic mass is 10.3. The van der Waals surface area contributed by atoms with Gasteiger partial charge in [0.15, 0.2) is 0 Å². The molecular weight excluding hydrogens is 218 g/mol. The summed E-state index contributed by atoms with van der Waals surface area (Å²) in [6.45, 7) is 8.89. The maximum absolute atomic E-state index is 11.3. The molecule has 0 aliphatic heterocycles. The first-order valence-electron chi connectivity index (χ1n) is 5.92. The first kappa shape index (κ1) is 13.7. The van der Waals surface area contributed by atoms with E-state index >= 15 is 0 Å². The van der Waals surface area contributed by atoms with Crippen LogP contribution in [0, 0.1) is 13.8 Å². The lowest BCUT2D eigenvalue weighted by molar-refractivity contribution is -0.121. The van der Waals surface area contributed by atoms with E-state index in [0.717, 1.165) is 11.5 Å². The topological polar surface area (TPSA) is 67.2 Å². The van der Waals surface area contributed by atoms with Crippen LogP contribution in [0.5, 0.6) is 0 Å². The average molecular weight is 239 g/mol. The van der Waals surface area contributed by atoms with E-state index in [0.29, 0.717) is 25.4 Å². The van der Waals surface area contributed by atoms with Gasteiger partial charge in [-0.1, -0.05) is 0 Å². The summed E-state index contributed by atoms with van der Waals surface area (Å²) >= 11 is 0. The summed E-state index contributed by atoms with van der Waals surface area (Å²) in [4.78, 5) is 15.6. The van der Waals surface area contributed by atoms with Gasteiger partial charge >= 0.3 is 0 Å². The van der Waals surface area contributed by atoms with E-state index in [2.05, 4.69) is 15.6 Å². The van der Waals surface area contributed by atoms with Crippen molar-refractivity contribution in [3.05, 3.63) is 17.3 Å². The summed E-state index contributed by atoms with van der Waals surface area (Å²) in [6, 6.07) is 0.194. The number of hydrogen-bond donors (Lipinski definition) is 2. The molecule has 1 rings (SSSR count). The van der Waals surface area contributed by atoms with Crippen molar-refractivity contribution in [1.29, 1.82) is 0 Å². The number of aryl methyl sites for hydroxylation is 2. The Morgan fingerprint density at radius 3 is 2.65 bits per heavy atom. The van der Waals surface area contributed by atoms with Crippen LogP contribution in [0.1, 0.15) is 37.6 Å². The Bertz CT molecular complexity index is 352. The van der Waals surface area contributed by atoms with Gasteiger partial charge in [-0.05, 0) is 27.7 Å². The fourth-order valence-electron chi connectivity index (χ4n) is 1.41. The third-order valence-electron chi connectivity index (χ3n) is 2.33. The Balaban J connectivity index is 2.18. The molecule has 17 heavy (non-hydrogen) atoms. The Morgan fingerprint density at radius 2 is 2.12 bits per heavy atom. The molecular formula is C12H21N3O2. The van der Waals surface area contributed by atoms with Crippen molar-refractivity contribution in [3.8, 4) is 0 Å². The smallest absolute Gasteiger partial charge is 0.221 e. The molecule has 1 aromatic heterocycles. The van der Waals surface area contributed by atoms with Gasteiger partial charge in [0.2, 0.25) is 11.8 Å². The van der Waals surface area contributed by atoms with Gasteiger partial charge in [-0.2, -0.15) is 0 Å². The number of oxazole rings is 1. The zero-order valence-electron chi connectivity index (χ0n) is 11.0. The normalized spacial score (nSPS) is 10.9. The van der Waals surface area contributed by atoms with Gasteiger partial charge in [0, 0.05) is 19.0 Å². The summed E-state index contributed by atoms with van der Waals surface area (Å²) < 4.78 is 5.41. The predicted octanol–water partition coefficient (Wildman–Crippen LogP) is 1.30. The number of rotatable bonds is 6. The average Bonchev–Trinajstić information content (AvgIpc) is 2.52. The Morgan fingerprint density at radius 1 is 1.41 bits per heavy atom. The van der Waals surface area contributed by atoms with Gasteiger partial charge in [0.05, 0.1) is 12.2 Å². The van der Waals surface area contributed by atoms with E-state index in [4.69, 9.17) is 4.42 Å². The summed E-state index contributed by atoms with van der Waals surface area (Å²) in [5, 5.41) is 5.97. The molecule has 0 saturated carbocycles. The van der Waals surface area contributed by atoms with Crippen molar-refractivity contribution in [2.24, 2.45) is 0 Å². The van der Waals surface area contributed by atoms with E-state index in [1.54, 1.807) is 0 Å². The standard InChI is InChI=1S/C12H21N3O2/c1-8(2)14-11(16)5-6-13-7-12-15-9(3)10(4)17-12/h8,13H,5-7H2,1-4H3,(H,14,16). The Hall–Kier alpha value is -1.36. The van der Waals surface area contributed by atoms with Crippen molar-refractivity contribution < 1.29 is 9.21 Å². The lowest BCUT2D eigenvalue weighted by Crippen LogP contribution is -2.32. The molecule has 96 valence electrons. The number of carbonyl (C=O) groups excluding carboxylic acids is 1. The molecule has 0 spiro atoms. The van der Waals surface area contributed by atoms with Crippen molar-refractivity contribution in [3.63, 3.8) is 0 Å². The summed E-state index contributed by atoms with van der Waals surface area (Å²) in [7, 11) is 0. The first-order chi connectivity index (χ1) is 7.99. The number of amides is 1. The highest BCUT2D eigenvalue weighted by molar-refractivity contribution is 5.76. The minimum absolute atomic E-state index is 0.0623. The highest BCUT2D eigenvalue weighted by atomic mass is 16.4. The van der Waals surface area contributed by atoms with Crippen LogP contribution in [0.2, 0.25) is 0 Å². The number of nitrogens with zero attached hydrogens (tertiary/aromatic N) is 1. The van der Waals surface area contributed by atoms with Crippen LogP contribution >= 0.6 is 0 Å². The van der Waals surface area contributed by atoms with Crippen LogP contribution in [0.4, 0.5) is 0 Å². The molecule has 5 heteroatoms. The molecule has 1 heterocycles. The molecule has 0 bridgehead atoms. The number of nitrogens with one attached hydrogen (secondary N) is 2. The van der Waals surface area contributed by atoms with Crippen LogP contribution in [0.15, 0.2) is 4.42 Å². The molecule has 0 aliphatic carbocycles. The lowest BCUT2D eigenvalue weighted by Gasteiger charge is -2.07. The van der Waals surface area contributed by atoms with E-state index in [1.807, 2.05) is 27.7 Å². The molecule has 0 unspecified atom stereocenters. The molecule has 0 aliphatic rings. The van der Waals surface area contributed by atoms with Crippen molar-refractivity contribution in [2.45, 2.75) is 46.7 Å². The molecule has 0 atom stereocenters. The van der Waals surface area contributed by atoms with Crippen molar-refractivity contribution >= 4 is 5.91 Å². The van der Waals surface area contributed by atoms with Gasteiger partial charge in [0.1, 0.15) is 5.76 Å². The quantitative estimate of drug-likeness (QED) is 0.734. The maximum Gasteiger partial charge on any atom is 0.221 e. The molecule has 0 aromatic carbocycles. The fourth-order valence-corrected chi connectivity index (χ4v) is 1.41. The summed E-state index contributed by atoms with van der Waals surface area (Å²) in [6.07, 6.45) is 0.469. The number of carbonyl (C=O) groups is 1. The SMILES string of the molecule is Cc1nc(CNCCC(=O)NC(C)C)oc1C. The van der Waals surface area contributed by atoms with Gasteiger partial charge in [-0.3, -0.25) is 4.79 Å². The minimum atomic E-state index is 0.0623. The van der Waals surface area contributed by atoms with Gasteiger partial charge in [-0.25, -0.2) is 4.98 Å². The fraction of sp³-hybridized carbons (Fsp3) is 0.667. The van der Waals surface area contributed by atoms with Crippen LogP contribution in [0.25, 0.3) is 0 Å². The maximum atomic E-state index is 11.3. The molecule has 1 aromatic rings. The van der Waals surface area contributed by atoms with Crippen LogP contribution in [0.3, 0.4) is 0 Å². The van der Waals surface area contributed by atoms with Crippen LogP contribution in [-0.4, -0.2) is 23.5 Å². The van der Waals surface area contributed by atoms with Gasteiger partial charge < -0.3 is 15.1 Å². The second-order valence-electron chi connectivity index (χ2n) is 4.40. The number of aromatic nitrogens is 1. The van der Waals surface area contributed by atoms with Crippen molar-refractivity contribution in [1.82, 2.24) is 15.6 Å². The number of hydrogen-bond acceptors (Lipinski definition) is 4. The van der Waals surface area contributed by atoms with Gasteiger partial charge in [0.25, 0.3) is 0 Å². The van der Waals surface area contributed by atoms with E-state index in [9.17, 15) is 4.79 Å². The predicted molar refractivity (Wildman–Crippen MR) is 65.6 cm³/mol. The van der Waals surface area contributed by atoms with Crippen LogP contribution in [-0.2, 0) is 11.3 Å². The monoisotopic (exact) mass is 239 g/mol. The molecule has 2 N–H and O–H groups in total. The Labute approximate surface area is 102 Å². The van der Waals surface area contributed by atoms with Crippen molar-refractivity contribution in [2.75, 3.05) is 6.54 Å². The molecule has 0 radical (unpaired) electrons. The zero-order chi connectivity index (χ0) is 12.8. The summed E-state index contributed by atoms with van der Waals surface area (Å²) in [5.41, 5.74) is 0.916. The molecule has 0 fully saturated rings. The second-order valence-corrected chi connectivity index (χ2v) is 4.40. The zero-order valence-corrected chi connectivity index (χ0v) is 11.0. The van der Waals surface area contributed by atoms with E-state index < -0.39 is 0 Å². The third-order valence-corrected chi connectivity index (χ3v) is 2.33. The second kappa shape index (κ2) is 6.39. The van der Waals surface area contributed by atoms with E-state index in [1.165, 1.54) is 0 Å². The molecule has 0 saturated heterocycles. The van der Waals surface area contributed by atoms with Gasteiger partial charge in [-0.15, -0.1) is 0 Å². The summed E-state index contributed by atoms with van der Waals surface area (Å²) in [5.74, 6) is 1.58. The first-order valence-corrected chi connectivity index (χ1v) is 5.92. The highest BCUT2D eigenvalue weighted by Gasteiger charge is 2.06.